The molecule has 8 heteroatoms. The standard InChI is InChI=1S/C26H31N5O3/c32-24(33)14-17-6-10-21(11-7-17)34-23-13-9-19(15-28-23)22-12-8-20(16-27-22)26-29-25(30-31-26)18-4-2-1-3-5-18/h8-9,12-13,15-18,21H,1-7,10-11,14H2,(H,32,33)(H,29,30,31)/t17-,21-. The number of rotatable bonds is 7. The van der Waals surface area contributed by atoms with Crippen molar-refractivity contribution in [1.82, 2.24) is 25.1 Å². The van der Waals surface area contributed by atoms with Crippen molar-refractivity contribution in [2.45, 2.75) is 76.2 Å². The number of aliphatic carboxylic acids is 1. The van der Waals surface area contributed by atoms with Gasteiger partial charge in [0, 0.05) is 41.9 Å². The number of nitrogens with one attached hydrogen (secondary N) is 1. The zero-order valence-electron chi connectivity index (χ0n) is 19.3. The number of nitrogens with zero attached hydrogens (tertiary/aromatic N) is 4. The Morgan fingerprint density at radius 2 is 1.68 bits per heavy atom. The van der Waals surface area contributed by atoms with Crippen molar-refractivity contribution >= 4 is 5.97 Å². The lowest BCUT2D eigenvalue weighted by Crippen LogP contribution is -2.25. The van der Waals surface area contributed by atoms with Gasteiger partial charge in [-0.15, -0.1) is 10.2 Å². The zero-order valence-corrected chi connectivity index (χ0v) is 19.3. The van der Waals surface area contributed by atoms with Gasteiger partial charge in [0.15, 0.2) is 5.82 Å². The molecule has 0 aromatic carbocycles. The number of hydrogen-bond acceptors (Lipinski definition) is 6. The molecule has 0 atom stereocenters. The van der Waals surface area contributed by atoms with Crippen LogP contribution in [0.25, 0.3) is 22.6 Å². The summed E-state index contributed by atoms with van der Waals surface area (Å²) in [6, 6.07) is 7.82. The monoisotopic (exact) mass is 461 g/mol. The van der Waals surface area contributed by atoms with Gasteiger partial charge >= 0.3 is 5.97 Å². The van der Waals surface area contributed by atoms with Crippen LogP contribution in [0.4, 0.5) is 0 Å². The number of ether oxygens (including phenoxy) is 1. The van der Waals surface area contributed by atoms with Crippen LogP contribution in [0.15, 0.2) is 36.7 Å². The molecule has 0 aliphatic heterocycles. The van der Waals surface area contributed by atoms with E-state index in [-0.39, 0.29) is 18.4 Å². The van der Waals surface area contributed by atoms with Crippen LogP contribution in [-0.4, -0.2) is 42.3 Å². The lowest BCUT2D eigenvalue weighted by Gasteiger charge is -2.27. The Kier molecular flexibility index (Phi) is 6.83. The van der Waals surface area contributed by atoms with Crippen molar-refractivity contribution in [3.05, 3.63) is 42.5 Å². The number of pyridine rings is 2. The quantitative estimate of drug-likeness (QED) is 0.485. The summed E-state index contributed by atoms with van der Waals surface area (Å²) in [7, 11) is 0. The first-order valence-electron chi connectivity index (χ1n) is 12.4. The van der Waals surface area contributed by atoms with Gasteiger partial charge in [-0.3, -0.25) is 9.78 Å². The number of aromatic nitrogens is 5. The molecule has 178 valence electrons. The van der Waals surface area contributed by atoms with E-state index >= 15 is 0 Å². The van der Waals surface area contributed by atoms with Gasteiger partial charge < -0.3 is 14.8 Å². The van der Waals surface area contributed by atoms with Crippen molar-refractivity contribution in [3.63, 3.8) is 0 Å². The van der Waals surface area contributed by atoms with E-state index in [1.54, 1.807) is 6.20 Å². The molecule has 2 aliphatic rings. The first-order chi connectivity index (χ1) is 16.6. The molecule has 0 bridgehead atoms. The van der Waals surface area contributed by atoms with Gasteiger partial charge in [0.25, 0.3) is 0 Å². The largest absolute Gasteiger partial charge is 0.481 e. The van der Waals surface area contributed by atoms with Crippen molar-refractivity contribution in [2.75, 3.05) is 0 Å². The average Bonchev–Trinajstić information content (AvgIpc) is 3.37. The van der Waals surface area contributed by atoms with Gasteiger partial charge in [0.05, 0.1) is 5.69 Å². The Morgan fingerprint density at radius 3 is 2.35 bits per heavy atom. The summed E-state index contributed by atoms with van der Waals surface area (Å²) in [4.78, 5) is 23.4. The molecular formula is C26H31N5O3. The van der Waals surface area contributed by atoms with Crippen LogP contribution in [0.5, 0.6) is 5.88 Å². The molecule has 0 spiro atoms. The lowest BCUT2D eigenvalue weighted by molar-refractivity contribution is -0.138. The first-order valence-corrected chi connectivity index (χ1v) is 12.4. The fourth-order valence-corrected chi connectivity index (χ4v) is 5.14. The highest BCUT2D eigenvalue weighted by Crippen LogP contribution is 2.32. The normalized spacial score (nSPS) is 21.3. The van der Waals surface area contributed by atoms with Crippen molar-refractivity contribution in [3.8, 4) is 28.5 Å². The topological polar surface area (TPSA) is 114 Å². The van der Waals surface area contributed by atoms with Gasteiger partial charge in [0.2, 0.25) is 5.88 Å². The predicted molar refractivity (Wildman–Crippen MR) is 127 cm³/mol. The van der Waals surface area contributed by atoms with Gasteiger partial charge in [-0.25, -0.2) is 4.98 Å². The van der Waals surface area contributed by atoms with E-state index in [0.717, 1.165) is 54.2 Å². The summed E-state index contributed by atoms with van der Waals surface area (Å²) in [5, 5.41) is 17.7. The second-order valence-electron chi connectivity index (χ2n) is 9.57. The number of aromatic amines is 1. The van der Waals surface area contributed by atoms with Gasteiger partial charge in [0.1, 0.15) is 11.9 Å². The van der Waals surface area contributed by atoms with Crippen LogP contribution < -0.4 is 4.74 Å². The Labute approximate surface area is 199 Å². The molecule has 2 saturated carbocycles. The SMILES string of the molecule is O=C(O)C[C@H]1CC[C@H](Oc2ccc(-c3ccc(-c4nnc(C5CCCCC5)[nH]4)cn3)cn2)CC1. The second-order valence-corrected chi connectivity index (χ2v) is 9.57. The molecule has 8 nitrogen and oxygen atoms in total. The van der Waals surface area contributed by atoms with E-state index < -0.39 is 5.97 Å². The minimum atomic E-state index is -0.715. The van der Waals surface area contributed by atoms with Crippen molar-refractivity contribution in [2.24, 2.45) is 5.92 Å². The number of carboxylic acids is 1. The molecule has 34 heavy (non-hydrogen) atoms. The van der Waals surface area contributed by atoms with Crippen LogP contribution >= 0.6 is 0 Å². The van der Waals surface area contributed by atoms with Gasteiger partial charge in [-0.1, -0.05) is 19.3 Å². The molecule has 2 fully saturated rings. The van der Waals surface area contributed by atoms with Gasteiger partial charge in [-0.05, 0) is 62.6 Å². The predicted octanol–water partition coefficient (Wildman–Crippen LogP) is 5.39. The third-order valence-corrected chi connectivity index (χ3v) is 7.11. The average molecular weight is 462 g/mol. The smallest absolute Gasteiger partial charge is 0.303 e. The summed E-state index contributed by atoms with van der Waals surface area (Å²) >= 11 is 0. The number of carboxylic acid groups (broad SMARTS) is 1. The van der Waals surface area contributed by atoms with Crippen LogP contribution in [-0.2, 0) is 4.79 Å². The van der Waals surface area contributed by atoms with Crippen LogP contribution in [0.2, 0.25) is 0 Å². The molecule has 3 aromatic rings. The fourth-order valence-electron chi connectivity index (χ4n) is 5.14. The highest BCUT2D eigenvalue weighted by Gasteiger charge is 2.24. The molecule has 2 N–H and O–H groups in total. The molecule has 0 saturated heterocycles. The number of carbonyl (C=O) groups is 1. The van der Waals surface area contributed by atoms with E-state index in [1.807, 2.05) is 30.5 Å². The molecular weight excluding hydrogens is 430 g/mol. The van der Waals surface area contributed by atoms with E-state index in [0.29, 0.717) is 11.8 Å². The molecule has 3 heterocycles. The van der Waals surface area contributed by atoms with Crippen LogP contribution in [0, 0.1) is 5.92 Å². The minimum Gasteiger partial charge on any atom is -0.481 e. The summed E-state index contributed by atoms with van der Waals surface area (Å²) in [6.07, 6.45) is 13.7. The maximum Gasteiger partial charge on any atom is 0.303 e. The summed E-state index contributed by atoms with van der Waals surface area (Å²) < 4.78 is 6.03. The maximum atomic E-state index is 10.9. The molecule has 0 radical (unpaired) electrons. The van der Waals surface area contributed by atoms with Gasteiger partial charge in [-0.2, -0.15) is 0 Å². The van der Waals surface area contributed by atoms with Crippen molar-refractivity contribution in [1.29, 1.82) is 0 Å². The van der Waals surface area contributed by atoms with Crippen molar-refractivity contribution < 1.29 is 14.6 Å². The first kappa shape index (κ1) is 22.5. The van der Waals surface area contributed by atoms with E-state index in [1.165, 1.54) is 32.1 Å². The summed E-state index contributed by atoms with van der Waals surface area (Å²) in [6.45, 7) is 0. The Morgan fingerprint density at radius 1 is 0.912 bits per heavy atom. The van der Waals surface area contributed by atoms with E-state index in [4.69, 9.17) is 9.84 Å². The van der Waals surface area contributed by atoms with Crippen LogP contribution in [0.1, 0.15) is 76.0 Å². The number of H-pyrrole nitrogens is 1. The third-order valence-electron chi connectivity index (χ3n) is 7.11. The zero-order chi connectivity index (χ0) is 23.3. The molecule has 3 aromatic heterocycles. The Balaban J connectivity index is 1.17. The van der Waals surface area contributed by atoms with E-state index in [9.17, 15) is 4.79 Å². The maximum absolute atomic E-state index is 10.9. The molecule has 0 amide bonds. The lowest BCUT2D eigenvalue weighted by atomic mass is 9.85. The van der Waals surface area contributed by atoms with Crippen LogP contribution in [0.3, 0.4) is 0 Å². The Hall–Kier alpha value is -3.29. The number of hydrogen-bond donors (Lipinski definition) is 2. The van der Waals surface area contributed by atoms with E-state index in [2.05, 4.69) is 25.1 Å². The summed E-state index contributed by atoms with van der Waals surface area (Å²) in [5.41, 5.74) is 2.68. The minimum absolute atomic E-state index is 0.0983. The molecule has 5 rings (SSSR count). The highest BCUT2D eigenvalue weighted by molar-refractivity contribution is 5.67. The highest BCUT2D eigenvalue weighted by atomic mass is 16.5. The molecule has 0 unspecified atom stereocenters. The third kappa shape index (κ3) is 5.43. The Bertz CT molecular complexity index is 1080. The summed E-state index contributed by atoms with van der Waals surface area (Å²) in [5.74, 6) is 2.40. The second kappa shape index (κ2) is 10.3. The fraction of sp³-hybridized carbons (Fsp3) is 0.500. The molecule has 2 aliphatic carbocycles.